The molecular weight excluding hydrogens is 292 g/mol. The number of aromatic nitrogens is 2. The van der Waals surface area contributed by atoms with Gasteiger partial charge in [0.1, 0.15) is 11.6 Å². The average Bonchev–Trinajstić information content (AvgIpc) is 2.55. The second-order valence-corrected chi connectivity index (χ2v) is 5.26. The molecule has 0 saturated heterocycles. The molecule has 6 heteroatoms. The Balaban J connectivity index is 2.18. The highest BCUT2D eigenvalue weighted by Gasteiger charge is 2.12. The second-order valence-electron chi connectivity index (χ2n) is 5.26. The summed E-state index contributed by atoms with van der Waals surface area (Å²) in [5.74, 6) is 1.12. The third-order valence-corrected chi connectivity index (χ3v) is 3.51. The smallest absolute Gasteiger partial charge is 0.259 e. The minimum atomic E-state index is -0.262. The highest BCUT2D eigenvalue weighted by atomic mass is 16.5. The first kappa shape index (κ1) is 14.9. The predicted octanol–water partition coefficient (Wildman–Crippen LogP) is 2.54. The number of nitrogens with zero attached hydrogens (tertiary/aromatic N) is 1. The molecule has 0 spiro atoms. The maximum absolute atomic E-state index is 12.3. The van der Waals surface area contributed by atoms with E-state index >= 15 is 0 Å². The monoisotopic (exact) mass is 310 g/mol. The van der Waals surface area contributed by atoms with Crippen LogP contribution >= 0.6 is 0 Å². The normalized spacial score (nSPS) is 10.8. The molecule has 0 saturated carbocycles. The fourth-order valence-electron chi connectivity index (χ4n) is 2.35. The lowest BCUT2D eigenvalue weighted by atomic mass is 10.1. The van der Waals surface area contributed by atoms with E-state index < -0.39 is 0 Å². The van der Waals surface area contributed by atoms with E-state index in [0.717, 1.165) is 12.0 Å². The number of hydrogen-bond donors (Lipinski definition) is 3. The van der Waals surface area contributed by atoms with Gasteiger partial charge >= 0.3 is 0 Å². The molecule has 1 heterocycles. The number of fused-ring (bicyclic) bond motifs is 1. The van der Waals surface area contributed by atoms with Gasteiger partial charge < -0.3 is 21.2 Å². The zero-order chi connectivity index (χ0) is 16.4. The van der Waals surface area contributed by atoms with Crippen LogP contribution in [-0.2, 0) is 0 Å². The Hall–Kier alpha value is -3.02. The Morgan fingerprint density at radius 3 is 2.70 bits per heavy atom. The number of benzene rings is 2. The highest BCUT2D eigenvalue weighted by Crippen LogP contribution is 2.28. The van der Waals surface area contributed by atoms with Crippen molar-refractivity contribution in [2.75, 3.05) is 18.1 Å². The molecule has 0 unspecified atom stereocenters. The van der Waals surface area contributed by atoms with E-state index in [1.165, 1.54) is 0 Å². The van der Waals surface area contributed by atoms with Crippen LogP contribution in [0.3, 0.4) is 0 Å². The molecule has 0 aliphatic heterocycles. The summed E-state index contributed by atoms with van der Waals surface area (Å²) in [5, 5.41) is 0.410. The third-order valence-electron chi connectivity index (χ3n) is 3.51. The van der Waals surface area contributed by atoms with E-state index in [9.17, 15) is 4.79 Å². The number of anilines is 2. The summed E-state index contributed by atoms with van der Waals surface area (Å²) >= 11 is 0. The van der Waals surface area contributed by atoms with E-state index in [4.69, 9.17) is 16.2 Å². The van der Waals surface area contributed by atoms with Gasteiger partial charge in [-0.1, -0.05) is 19.1 Å². The predicted molar refractivity (Wildman–Crippen MR) is 92.4 cm³/mol. The van der Waals surface area contributed by atoms with Gasteiger partial charge in [0.15, 0.2) is 0 Å². The number of aromatic amines is 1. The molecule has 0 bridgehead atoms. The Morgan fingerprint density at radius 1 is 1.17 bits per heavy atom. The van der Waals surface area contributed by atoms with Gasteiger partial charge in [-0.05, 0) is 30.7 Å². The minimum absolute atomic E-state index is 0.262. The van der Waals surface area contributed by atoms with E-state index in [1.807, 2.05) is 31.2 Å². The first-order valence-electron chi connectivity index (χ1n) is 7.41. The molecule has 0 fully saturated rings. The number of nitrogens with two attached hydrogens (primary N) is 2. The molecule has 2 aromatic carbocycles. The van der Waals surface area contributed by atoms with Gasteiger partial charge in [-0.3, -0.25) is 4.79 Å². The number of nitrogen functional groups attached to an aromatic ring is 2. The van der Waals surface area contributed by atoms with Crippen molar-refractivity contribution in [1.82, 2.24) is 9.97 Å². The van der Waals surface area contributed by atoms with Gasteiger partial charge in [0.25, 0.3) is 5.56 Å². The van der Waals surface area contributed by atoms with Crippen molar-refractivity contribution in [3.63, 3.8) is 0 Å². The molecule has 0 radical (unpaired) electrons. The van der Waals surface area contributed by atoms with Crippen LogP contribution < -0.4 is 21.8 Å². The molecule has 23 heavy (non-hydrogen) atoms. The number of nitrogens with one attached hydrogen (secondary N) is 1. The summed E-state index contributed by atoms with van der Waals surface area (Å²) in [7, 11) is 0. The molecule has 0 amide bonds. The van der Waals surface area contributed by atoms with Crippen molar-refractivity contribution < 1.29 is 4.74 Å². The van der Waals surface area contributed by atoms with Crippen LogP contribution in [0.1, 0.15) is 13.3 Å². The number of rotatable bonds is 4. The van der Waals surface area contributed by atoms with Gasteiger partial charge in [-0.2, -0.15) is 0 Å². The summed E-state index contributed by atoms with van der Waals surface area (Å²) < 4.78 is 5.73. The Bertz CT molecular complexity index is 918. The van der Waals surface area contributed by atoms with E-state index in [2.05, 4.69) is 9.97 Å². The maximum atomic E-state index is 12.3. The number of para-hydroxylation sites is 1. The topological polar surface area (TPSA) is 107 Å². The van der Waals surface area contributed by atoms with Crippen LogP contribution in [-0.4, -0.2) is 16.6 Å². The molecule has 3 aromatic rings. The van der Waals surface area contributed by atoms with Gasteiger partial charge in [0.05, 0.1) is 34.4 Å². The van der Waals surface area contributed by atoms with E-state index in [0.29, 0.717) is 40.5 Å². The minimum Gasteiger partial charge on any atom is -0.493 e. The Labute approximate surface area is 133 Å². The fourth-order valence-corrected chi connectivity index (χ4v) is 2.35. The molecule has 6 nitrogen and oxygen atoms in total. The van der Waals surface area contributed by atoms with Crippen molar-refractivity contribution in [3.05, 3.63) is 46.8 Å². The lowest BCUT2D eigenvalue weighted by Crippen LogP contribution is -2.11. The second kappa shape index (κ2) is 6.00. The standard InChI is InChI=1S/C17H18N4O2/c1-2-7-23-15-6-4-3-5-10(15)16-20-14-9-13(19)12(18)8-11(14)17(22)21-16/h3-6,8-9H,2,7,18-19H2,1H3,(H,20,21,22). The molecule has 1 aromatic heterocycles. The van der Waals surface area contributed by atoms with Crippen LogP contribution in [0.15, 0.2) is 41.2 Å². The third kappa shape index (κ3) is 2.83. The van der Waals surface area contributed by atoms with E-state index in [-0.39, 0.29) is 5.56 Å². The lowest BCUT2D eigenvalue weighted by molar-refractivity contribution is 0.318. The summed E-state index contributed by atoms with van der Waals surface area (Å²) in [6.07, 6.45) is 0.895. The molecule has 3 rings (SSSR count). The van der Waals surface area contributed by atoms with Crippen LogP contribution in [0, 0.1) is 0 Å². The lowest BCUT2D eigenvalue weighted by Gasteiger charge is -2.11. The number of H-pyrrole nitrogens is 1. The Morgan fingerprint density at radius 2 is 1.91 bits per heavy atom. The first-order chi connectivity index (χ1) is 11.1. The molecule has 5 N–H and O–H groups in total. The summed E-state index contributed by atoms with van der Waals surface area (Å²) in [6, 6.07) is 10.6. The summed E-state index contributed by atoms with van der Waals surface area (Å²) in [4.78, 5) is 19.6. The maximum Gasteiger partial charge on any atom is 0.259 e. The fraction of sp³-hybridized carbons (Fsp3) is 0.176. The zero-order valence-corrected chi connectivity index (χ0v) is 12.8. The number of hydrogen-bond acceptors (Lipinski definition) is 5. The Kier molecular flexibility index (Phi) is 3.89. The highest BCUT2D eigenvalue weighted by molar-refractivity contribution is 5.88. The molecule has 0 aliphatic carbocycles. The van der Waals surface area contributed by atoms with Crippen molar-refractivity contribution in [2.24, 2.45) is 0 Å². The first-order valence-corrected chi connectivity index (χ1v) is 7.41. The molecule has 0 atom stereocenters. The van der Waals surface area contributed by atoms with Crippen molar-refractivity contribution in [1.29, 1.82) is 0 Å². The summed E-state index contributed by atoms with van der Waals surface area (Å²) in [6.45, 7) is 2.63. The van der Waals surface area contributed by atoms with Gasteiger partial charge in [-0.25, -0.2) is 4.98 Å². The summed E-state index contributed by atoms with van der Waals surface area (Å²) in [5.41, 5.74) is 13.3. The van der Waals surface area contributed by atoms with Crippen LogP contribution in [0.5, 0.6) is 5.75 Å². The molecule has 118 valence electrons. The zero-order valence-electron chi connectivity index (χ0n) is 12.8. The SMILES string of the molecule is CCCOc1ccccc1-c1nc2cc(N)c(N)cc2c(=O)[nH]1. The van der Waals surface area contributed by atoms with Gasteiger partial charge in [0, 0.05) is 0 Å². The van der Waals surface area contributed by atoms with Gasteiger partial charge in [0.2, 0.25) is 0 Å². The van der Waals surface area contributed by atoms with Gasteiger partial charge in [-0.15, -0.1) is 0 Å². The van der Waals surface area contributed by atoms with Crippen molar-refractivity contribution in [3.8, 4) is 17.1 Å². The number of ether oxygens (including phenoxy) is 1. The molecule has 0 aliphatic rings. The van der Waals surface area contributed by atoms with E-state index in [1.54, 1.807) is 12.1 Å². The van der Waals surface area contributed by atoms with Crippen molar-refractivity contribution in [2.45, 2.75) is 13.3 Å². The average molecular weight is 310 g/mol. The van der Waals surface area contributed by atoms with Crippen LogP contribution in [0.4, 0.5) is 11.4 Å². The van der Waals surface area contributed by atoms with Crippen LogP contribution in [0.2, 0.25) is 0 Å². The quantitative estimate of drug-likeness (QED) is 0.642. The molecular formula is C17H18N4O2. The van der Waals surface area contributed by atoms with Crippen molar-refractivity contribution >= 4 is 22.3 Å². The largest absolute Gasteiger partial charge is 0.493 e. The van der Waals surface area contributed by atoms with Crippen LogP contribution in [0.25, 0.3) is 22.3 Å².